The normalized spacial score (nSPS) is 16.8. The quantitative estimate of drug-likeness (QED) is 0.345. The van der Waals surface area contributed by atoms with Gasteiger partial charge in [-0.2, -0.15) is 4.68 Å². The van der Waals surface area contributed by atoms with Crippen molar-refractivity contribution in [1.29, 1.82) is 0 Å². The van der Waals surface area contributed by atoms with Crippen LogP contribution in [0.2, 0.25) is 5.02 Å². The summed E-state index contributed by atoms with van der Waals surface area (Å²) in [7, 11) is 0. The maximum atomic E-state index is 14.5. The van der Waals surface area contributed by atoms with E-state index in [1.807, 2.05) is 6.92 Å². The number of benzene rings is 2. The number of hydrogen-bond acceptors (Lipinski definition) is 7. The van der Waals surface area contributed by atoms with Crippen molar-refractivity contribution >= 4 is 17.3 Å². The lowest BCUT2D eigenvalue weighted by atomic mass is 10.0. The van der Waals surface area contributed by atoms with Gasteiger partial charge < -0.3 is 10.7 Å². The average molecular weight is 522 g/mol. The van der Waals surface area contributed by atoms with Crippen molar-refractivity contribution in [3.05, 3.63) is 87.6 Å². The van der Waals surface area contributed by atoms with Crippen LogP contribution in [0, 0.1) is 17.6 Å². The Morgan fingerprint density at radius 2 is 1.97 bits per heavy atom. The summed E-state index contributed by atoms with van der Waals surface area (Å²) in [6.07, 6.45) is 3.34. The van der Waals surface area contributed by atoms with Gasteiger partial charge in [0.1, 0.15) is 18.0 Å². The van der Waals surface area contributed by atoms with Crippen LogP contribution in [0.1, 0.15) is 24.6 Å². The standard InChI is InChI=1S/C24H18ClF2N9O/c1-11-6-19-31-16(14-7-12(25)2-5-18(14)35-10-30-33-34-35)8-20(37)36(19)23(11)24-29-9-17(32-24)13-3-4-15(28)22(27)21(13)26/h2-5,7-11,23H,6,28H2,1H3,(H,29,32)/t11-,23-/m0/s1. The Morgan fingerprint density at radius 3 is 2.76 bits per heavy atom. The number of nitrogens with one attached hydrogen (secondary N) is 1. The Bertz CT molecular complexity index is 1710. The number of imidazole rings is 1. The van der Waals surface area contributed by atoms with Crippen molar-refractivity contribution in [2.45, 2.75) is 19.4 Å². The molecular weight excluding hydrogens is 504 g/mol. The molecule has 2 aromatic carbocycles. The summed E-state index contributed by atoms with van der Waals surface area (Å²) in [6.45, 7) is 1.97. The molecule has 37 heavy (non-hydrogen) atoms. The molecule has 0 saturated heterocycles. The number of aromatic amines is 1. The molecule has 2 atom stereocenters. The first-order chi connectivity index (χ1) is 17.8. The van der Waals surface area contributed by atoms with Crippen molar-refractivity contribution in [1.82, 2.24) is 39.7 Å². The van der Waals surface area contributed by atoms with Gasteiger partial charge in [-0.25, -0.2) is 18.7 Å². The maximum Gasteiger partial charge on any atom is 0.254 e. The highest BCUT2D eigenvalue weighted by atomic mass is 35.5. The second kappa shape index (κ2) is 8.59. The van der Waals surface area contributed by atoms with Gasteiger partial charge in [0.05, 0.1) is 35.0 Å². The molecule has 1 aliphatic rings. The lowest BCUT2D eigenvalue weighted by Crippen LogP contribution is -2.26. The minimum atomic E-state index is -1.12. The number of aromatic nitrogens is 8. The van der Waals surface area contributed by atoms with E-state index in [0.29, 0.717) is 40.0 Å². The summed E-state index contributed by atoms with van der Waals surface area (Å²) < 4.78 is 31.5. The molecular formula is C24H18ClF2N9O. The van der Waals surface area contributed by atoms with E-state index < -0.39 is 17.7 Å². The number of nitrogens with zero attached hydrogens (tertiary/aromatic N) is 7. The molecule has 0 aliphatic carbocycles. The van der Waals surface area contributed by atoms with Crippen LogP contribution in [0.5, 0.6) is 0 Å². The molecule has 4 heterocycles. The van der Waals surface area contributed by atoms with Crippen molar-refractivity contribution in [2.75, 3.05) is 5.73 Å². The minimum Gasteiger partial charge on any atom is -0.396 e. The number of nitrogen functional groups attached to an aromatic ring is 1. The van der Waals surface area contributed by atoms with E-state index in [4.69, 9.17) is 22.3 Å². The van der Waals surface area contributed by atoms with Crippen LogP contribution in [-0.4, -0.2) is 39.7 Å². The molecule has 186 valence electrons. The number of hydrogen-bond donors (Lipinski definition) is 2. The van der Waals surface area contributed by atoms with Gasteiger partial charge in [-0.1, -0.05) is 18.5 Å². The zero-order valence-corrected chi connectivity index (χ0v) is 20.0. The summed E-state index contributed by atoms with van der Waals surface area (Å²) in [5, 5.41) is 11.8. The first kappa shape index (κ1) is 23.0. The second-order valence-electron chi connectivity index (χ2n) is 8.82. The van der Waals surface area contributed by atoms with Gasteiger partial charge in [-0.3, -0.25) is 9.36 Å². The van der Waals surface area contributed by atoms with Crippen molar-refractivity contribution in [2.24, 2.45) is 5.92 Å². The Kier molecular flexibility index (Phi) is 5.33. The van der Waals surface area contributed by atoms with Gasteiger partial charge in [0.2, 0.25) is 0 Å². The topological polar surface area (TPSA) is 133 Å². The van der Waals surface area contributed by atoms with Crippen LogP contribution >= 0.6 is 11.6 Å². The second-order valence-corrected chi connectivity index (χ2v) is 9.26. The highest BCUT2D eigenvalue weighted by Crippen LogP contribution is 2.36. The third-order valence-corrected chi connectivity index (χ3v) is 6.69. The van der Waals surface area contributed by atoms with Crippen LogP contribution in [0.3, 0.4) is 0 Å². The van der Waals surface area contributed by atoms with Crippen molar-refractivity contribution in [3.63, 3.8) is 0 Å². The summed E-state index contributed by atoms with van der Waals surface area (Å²) in [5.41, 5.74) is 6.78. The van der Waals surface area contributed by atoms with Gasteiger partial charge in [0, 0.05) is 28.6 Å². The van der Waals surface area contributed by atoms with Crippen LogP contribution < -0.4 is 11.3 Å². The van der Waals surface area contributed by atoms with E-state index >= 15 is 0 Å². The molecule has 5 aromatic rings. The molecule has 0 spiro atoms. The highest BCUT2D eigenvalue weighted by molar-refractivity contribution is 6.31. The number of fused-ring (bicyclic) bond motifs is 1. The van der Waals surface area contributed by atoms with Crippen LogP contribution in [0.4, 0.5) is 14.5 Å². The Balaban J connectivity index is 1.42. The Labute approximate surface area is 212 Å². The molecule has 0 unspecified atom stereocenters. The fourth-order valence-electron chi connectivity index (χ4n) is 4.75. The molecule has 13 heteroatoms. The average Bonchev–Trinajstić information content (AvgIpc) is 3.62. The largest absolute Gasteiger partial charge is 0.396 e. The van der Waals surface area contributed by atoms with Gasteiger partial charge in [0.15, 0.2) is 11.6 Å². The van der Waals surface area contributed by atoms with E-state index in [0.717, 1.165) is 0 Å². The van der Waals surface area contributed by atoms with Crippen LogP contribution in [0.25, 0.3) is 28.2 Å². The summed E-state index contributed by atoms with van der Waals surface area (Å²) in [6, 6.07) is 8.76. The third kappa shape index (κ3) is 3.76. The van der Waals surface area contributed by atoms with E-state index in [2.05, 4.69) is 25.5 Å². The first-order valence-electron chi connectivity index (χ1n) is 11.3. The molecule has 0 bridgehead atoms. The molecule has 0 fully saturated rings. The zero-order chi connectivity index (χ0) is 25.8. The Hall–Kier alpha value is -4.45. The Morgan fingerprint density at radius 1 is 1.14 bits per heavy atom. The van der Waals surface area contributed by atoms with Crippen molar-refractivity contribution in [3.8, 4) is 28.2 Å². The summed E-state index contributed by atoms with van der Waals surface area (Å²) in [4.78, 5) is 25.6. The molecule has 0 radical (unpaired) electrons. The van der Waals surface area contributed by atoms with E-state index in [-0.39, 0.29) is 28.4 Å². The number of nitrogens with two attached hydrogens (primary N) is 1. The van der Waals surface area contributed by atoms with Gasteiger partial charge in [-0.15, -0.1) is 5.10 Å². The molecule has 1 aliphatic heterocycles. The fraction of sp³-hybridized carbons (Fsp3) is 0.167. The molecule has 6 rings (SSSR count). The van der Waals surface area contributed by atoms with Crippen LogP contribution in [-0.2, 0) is 6.42 Å². The van der Waals surface area contributed by atoms with E-state index in [1.165, 1.54) is 35.4 Å². The molecule has 0 saturated carbocycles. The molecule has 3 N–H and O–H groups in total. The zero-order valence-electron chi connectivity index (χ0n) is 19.2. The van der Waals surface area contributed by atoms with E-state index in [1.54, 1.807) is 22.8 Å². The molecule has 3 aromatic heterocycles. The number of anilines is 1. The minimum absolute atomic E-state index is 0.00627. The SMILES string of the molecule is C[C@H]1Cc2nc(-c3cc(Cl)ccc3-n3cnnn3)cc(=O)n2[C@@H]1c1ncc(-c2ccc(N)c(F)c2F)[nH]1. The number of rotatable bonds is 4. The molecule has 0 amide bonds. The fourth-order valence-corrected chi connectivity index (χ4v) is 4.92. The van der Waals surface area contributed by atoms with Gasteiger partial charge in [0.25, 0.3) is 5.56 Å². The van der Waals surface area contributed by atoms with Crippen molar-refractivity contribution < 1.29 is 8.78 Å². The third-order valence-electron chi connectivity index (χ3n) is 6.46. The smallest absolute Gasteiger partial charge is 0.254 e. The number of tetrazole rings is 1. The maximum absolute atomic E-state index is 14.5. The van der Waals surface area contributed by atoms with Gasteiger partial charge >= 0.3 is 0 Å². The first-order valence-corrected chi connectivity index (χ1v) is 11.6. The monoisotopic (exact) mass is 521 g/mol. The number of H-pyrrole nitrogens is 1. The predicted octanol–water partition coefficient (Wildman–Crippen LogP) is 3.57. The number of halogens is 3. The molecule has 10 nitrogen and oxygen atoms in total. The van der Waals surface area contributed by atoms with E-state index in [9.17, 15) is 13.6 Å². The predicted molar refractivity (Wildman–Crippen MR) is 131 cm³/mol. The lowest BCUT2D eigenvalue weighted by Gasteiger charge is -2.16. The van der Waals surface area contributed by atoms with Crippen LogP contribution in [0.15, 0.2) is 53.7 Å². The lowest BCUT2D eigenvalue weighted by molar-refractivity contribution is 0.449. The van der Waals surface area contributed by atoms with Gasteiger partial charge in [-0.05, 0) is 46.7 Å². The highest BCUT2D eigenvalue weighted by Gasteiger charge is 2.35. The summed E-state index contributed by atoms with van der Waals surface area (Å²) >= 11 is 6.25. The summed E-state index contributed by atoms with van der Waals surface area (Å²) in [5.74, 6) is -1.25.